The maximum atomic E-state index is 12.0. The highest BCUT2D eigenvalue weighted by Crippen LogP contribution is 2.30. The Morgan fingerprint density at radius 3 is 2.12 bits per heavy atom. The lowest BCUT2D eigenvalue weighted by Gasteiger charge is -2.20. The van der Waals surface area contributed by atoms with Crippen molar-refractivity contribution < 1.29 is 9.53 Å². The highest BCUT2D eigenvalue weighted by molar-refractivity contribution is 5.83. The number of benzene rings is 2. The number of ether oxygens (including phenoxy) is 1. The molecule has 0 aromatic heterocycles. The smallest absolute Gasteiger partial charge is 0.243 e. The van der Waals surface area contributed by atoms with Gasteiger partial charge in [-0.2, -0.15) is 0 Å². The molecule has 2 rings (SSSR count). The third-order valence-electron chi connectivity index (χ3n) is 3.30. The van der Waals surface area contributed by atoms with Gasteiger partial charge < -0.3 is 4.74 Å². The van der Waals surface area contributed by atoms with Gasteiger partial charge in [0.05, 0.1) is 12.8 Å². The van der Waals surface area contributed by atoms with E-state index in [0.29, 0.717) is 5.75 Å². The number of methoxy groups -OCH3 is 1. The van der Waals surface area contributed by atoms with Gasteiger partial charge in [0, 0.05) is 5.41 Å². The number of hydrogen-bond donors (Lipinski definition) is 2. The van der Waals surface area contributed by atoms with Crippen molar-refractivity contribution in [3.8, 4) is 16.9 Å². The van der Waals surface area contributed by atoms with Crippen LogP contribution in [0.3, 0.4) is 0 Å². The molecule has 130 valence electrons. The molecule has 0 saturated heterocycles. The van der Waals surface area contributed by atoms with Crippen molar-refractivity contribution in [3.63, 3.8) is 0 Å². The van der Waals surface area contributed by atoms with Crippen LogP contribution in [0.4, 0.5) is 5.69 Å². The quantitative estimate of drug-likeness (QED) is 0.787. The van der Waals surface area contributed by atoms with E-state index in [9.17, 15) is 4.79 Å². The number of hydrogen-bond acceptors (Lipinski definition) is 3. The minimum atomic E-state index is -0.461. The Kier molecular flexibility index (Phi) is 7.31. The number of rotatable bonds is 4. The van der Waals surface area contributed by atoms with Crippen LogP contribution in [0, 0.1) is 5.41 Å². The maximum Gasteiger partial charge on any atom is 0.243 e. The summed E-state index contributed by atoms with van der Waals surface area (Å²) in [5.41, 5.74) is 8.10. The van der Waals surface area contributed by atoms with Crippen molar-refractivity contribution in [2.45, 2.75) is 34.6 Å². The largest absolute Gasteiger partial charge is 0.495 e. The lowest BCUT2D eigenvalue weighted by atomic mass is 9.96. The first kappa shape index (κ1) is 19.6. The van der Waals surface area contributed by atoms with Crippen molar-refractivity contribution in [1.82, 2.24) is 5.43 Å². The van der Waals surface area contributed by atoms with Gasteiger partial charge in [0.2, 0.25) is 5.91 Å². The number of anilines is 1. The Bertz CT molecular complexity index is 646. The van der Waals surface area contributed by atoms with Gasteiger partial charge in [0.1, 0.15) is 5.75 Å². The standard InChI is InChI=1S/C18H22N2O2.C2H6/c1-18(2,3)17(21)20-19-15-12-14(10-11-16(15)22-4)13-8-6-5-7-9-13;1-2/h5-12,19H,1-4H3,(H,20,21);1-2H3. The summed E-state index contributed by atoms with van der Waals surface area (Å²) in [4.78, 5) is 12.0. The highest BCUT2D eigenvalue weighted by atomic mass is 16.5. The first-order valence-electron chi connectivity index (χ1n) is 8.22. The fraction of sp³-hybridized carbons (Fsp3) is 0.350. The van der Waals surface area contributed by atoms with E-state index >= 15 is 0 Å². The van der Waals surface area contributed by atoms with E-state index in [-0.39, 0.29) is 5.91 Å². The first-order chi connectivity index (χ1) is 11.4. The van der Waals surface area contributed by atoms with Crippen molar-refractivity contribution >= 4 is 11.6 Å². The summed E-state index contributed by atoms with van der Waals surface area (Å²) in [6.07, 6.45) is 0. The molecule has 1 amide bonds. The van der Waals surface area contributed by atoms with Crippen LogP contribution in [-0.4, -0.2) is 13.0 Å². The molecule has 0 aliphatic carbocycles. The Hall–Kier alpha value is -2.49. The average Bonchev–Trinajstić information content (AvgIpc) is 2.61. The van der Waals surface area contributed by atoms with Crippen LogP contribution >= 0.6 is 0 Å². The van der Waals surface area contributed by atoms with Gasteiger partial charge in [-0.15, -0.1) is 0 Å². The molecule has 0 aliphatic heterocycles. The SMILES string of the molecule is CC.COc1ccc(-c2ccccc2)cc1NNC(=O)C(C)(C)C. The fourth-order valence-electron chi connectivity index (χ4n) is 1.93. The molecule has 4 heteroatoms. The van der Waals surface area contributed by atoms with Crippen molar-refractivity contribution in [2.75, 3.05) is 12.5 Å². The molecule has 0 atom stereocenters. The normalized spacial score (nSPS) is 10.2. The molecule has 0 aliphatic rings. The molecule has 24 heavy (non-hydrogen) atoms. The zero-order valence-electron chi connectivity index (χ0n) is 15.4. The second-order valence-electron chi connectivity index (χ2n) is 6.11. The minimum absolute atomic E-state index is 0.0836. The number of hydrazine groups is 1. The molecule has 0 saturated carbocycles. The van der Waals surface area contributed by atoms with Crippen LogP contribution in [0.2, 0.25) is 0 Å². The van der Waals surface area contributed by atoms with E-state index in [1.54, 1.807) is 7.11 Å². The topological polar surface area (TPSA) is 50.4 Å². The third kappa shape index (κ3) is 5.30. The van der Waals surface area contributed by atoms with Crippen LogP contribution in [0.25, 0.3) is 11.1 Å². The monoisotopic (exact) mass is 328 g/mol. The Morgan fingerprint density at radius 2 is 1.58 bits per heavy atom. The van der Waals surface area contributed by atoms with E-state index in [0.717, 1.165) is 16.8 Å². The van der Waals surface area contributed by atoms with Crippen LogP contribution in [-0.2, 0) is 4.79 Å². The predicted octanol–water partition coefficient (Wildman–Crippen LogP) is 4.88. The molecule has 2 aromatic rings. The third-order valence-corrected chi connectivity index (χ3v) is 3.30. The summed E-state index contributed by atoms with van der Waals surface area (Å²) < 4.78 is 5.34. The summed E-state index contributed by atoms with van der Waals surface area (Å²) >= 11 is 0. The van der Waals surface area contributed by atoms with E-state index in [1.807, 2.05) is 83.1 Å². The maximum absolute atomic E-state index is 12.0. The van der Waals surface area contributed by atoms with E-state index in [1.165, 1.54) is 0 Å². The van der Waals surface area contributed by atoms with E-state index in [2.05, 4.69) is 10.9 Å². The molecule has 0 spiro atoms. The Labute approximate surface area is 145 Å². The predicted molar refractivity (Wildman–Crippen MR) is 101 cm³/mol. The molecule has 4 nitrogen and oxygen atoms in total. The van der Waals surface area contributed by atoms with Gasteiger partial charge in [-0.05, 0) is 23.3 Å². The second-order valence-corrected chi connectivity index (χ2v) is 6.11. The lowest BCUT2D eigenvalue weighted by molar-refractivity contribution is -0.127. The van der Waals surface area contributed by atoms with Crippen LogP contribution < -0.4 is 15.6 Å². The first-order valence-corrected chi connectivity index (χ1v) is 8.22. The van der Waals surface area contributed by atoms with Crippen LogP contribution in [0.5, 0.6) is 5.75 Å². The minimum Gasteiger partial charge on any atom is -0.495 e. The van der Waals surface area contributed by atoms with Crippen LogP contribution in [0.1, 0.15) is 34.6 Å². The van der Waals surface area contributed by atoms with E-state index in [4.69, 9.17) is 4.74 Å². The number of carbonyl (C=O) groups is 1. The zero-order valence-corrected chi connectivity index (χ0v) is 15.4. The number of nitrogens with one attached hydrogen (secondary N) is 2. The van der Waals surface area contributed by atoms with Crippen molar-refractivity contribution in [3.05, 3.63) is 48.5 Å². The molecule has 0 radical (unpaired) electrons. The molecule has 2 aromatic carbocycles. The van der Waals surface area contributed by atoms with Gasteiger partial charge >= 0.3 is 0 Å². The molecule has 0 bridgehead atoms. The van der Waals surface area contributed by atoms with Gasteiger partial charge in [0.25, 0.3) is 0 Å². The lowest BCUT2D eigenvalue weighted by Crippen LogP contribution is -2.38. The molecule has 0 heterocycles. The van der Waals surface area contributed by atoms with E-state index < -0.39 is 5.41 Å². The Morgan fingerprint density at radius 1 is 0.958 bits per heavy atom. The van der Waals surface area contributed by atoms with Gasteiger partial charge in [-0.1, -0.05) is 71.0 Å². The summed E-state index contributed by atoms with van der Waals surface area (Å²) in [6, 6.07) is 15.9. The fourth-order valence-corrected chi connectivity index (χ4v) is 1.93. The van der Waals surface area contributed by atoms with Crippen molar-refractivity contribution in [2.24, 2.45) is 5.41 Å². The average molecular weight is 328 g/mol. The molecular weight excluding hydrogens is 300 g/mol. The zero-order chi connectivity index (χ0) is 18.2. The summed E-state index contributed by atoms with van der Waals surface area (Å²) in [6.45, 7) is 9.59. The van der Waals surface area contributed by atoms with Gasteiger partial charge in [0.15, 0.2) is 0 Å². The Balaban J connectivity index is 0.00000139. The van der Waals surface area contributed by atoms with Gasteiger partial charge in [-0.25, -0.2) is 0 Å². The molecule has 0 fully saturated rings. The highest BCUT2D eigenvalue weighted by Gasteiger charge is 2.21. The van der Waals surface area contributed by atoms with Gasteiger partial charge in [-0.3, -0.25) is 15.6 Å². The summed E-state index contributed by atoms with van der Waals surface area (Å²) in [5.74, 6) is 0.591. The summed E-state index contributed by atoms with van der Waals surface area (Å²) in [7, 11) is 1.61. The molecule has 2 N–H and O–H groups in total. The van der Waals surface area contributed by atoms with Crippen molar-refractivity contribution in [1.29, 1.82) is 0 Å². The number of amides is 1. The second kappa shape index (κ2) is 8.96. The molecular formula is C20H28N2O2. The number of carbonyl (C=O) groups excluding carboxylic acids is 1. The summed E-state index contributed by atoms with van der Waals surface area (Å²) in [5, 5.41) is 0. The van der Waals surface area contributed by atoms with Crippen LogP contribution in [0.15, 0.2) is 48.5 Å². The molecule has 0 unspecified atom stereocenters.